The number of pyridine rings is 1. The van der Waals surface area contributed by atoms with Gasteiger partial charge < -0.3 is 20.5 Å². The highest BCUT2D eigenvalue weighted by Gasteiger charge is 2.42. The van der Waals surface area contributed by atoms with Gasteiger partial charge in [0.2, 0.25) is 0 Å². The molecule has 10 heteroatoms. The Bertz CT molecular complexity index is 1300. The van der Waals surface area contributed by atoms with Gasteiger partial charge in [0, 0.05) is 11.6 Å². The minimum atomic E-state index is -0.911. The Kier molecular flexibility index (Phi) is 5.46. The molecule has 4 aromatic rings. The monoisotopic (exact) mass is 498 g/mol. The molecule has 0 radical (unpaired) electrons. The largest absolute Gasteiger partial charge is 0.390 e. The van der Waals surface area contributed by atoms with Crippen LogP contribution in [0.15, 0.2) is 47.3 Å². The number of anilines is 2. The van der Waals surface area contributed by atoms with Crippen LogP contribution in [0.25, 0.3) is 21.9 Å². The molecule has 166 valence electrons. The second-order valence-electron chi connectivity index (χ2n) is 8.26. The van der Waals surface area contributed by atoms with E-state index >= 15 is 0 Å². The first-order chi connectivity index (χ1) is 15.5. The van der Waals surface area contributed by atoms with Crippen molar-refractivity contribution in [3.05, 3.63) is 52.9 Å². The molecule has 0 aliphatic heterocycles. The molecule has 1 saturated carbocycles. The van der Waals surface area contributed by atoms with Crippen molar-refractivity contribution < 1.29 is 15.4 Å². The number of nitrogens with zero attached hydrogens (tertiary/aromatic N) is 4. The molecular formula is C22H23BrN6O3. The molecule has 0 spiro atoms. The lowest BCUT2D eigenvalue weighted by atomic mass is 9.95. The summed E-state index contributed by atoms with van der Waals surface area (Å²) in [6.07, 6.45) is 3.51. The van der Waals surface area contributed by atoms with Crippen LogP contribution in [0.1, 0.15) is 24.4 Å². The number of nitrogen functional groups attached to an aromatic ring is 1. The first kappa shape index (κ1) is 21.1. The number of aryl methyl sites for hydroxylation is 1. The average Bonchev–Trinajstić information content (AvgIpc) is 3.34. The lowest BCUT2D eigenvalue weighted by molar-refractivity contribution is 0.00545. The summed E-state index contributed by atoms with van der Waals surface area (Å²) in [6.45, 7) is 0. The smallest absolute Gasteiger partial charge is 0.162 e. The minimum Gasteiger partial charge on any atom is -0.390 e. The third-order valence-corrected chi connectivity index (χ3v) is 7.05. The van der Waals surface area contributed by atoms with E-state index in [1.165, 1.54) is 6.33 Å². The van der Waals surface area contributed by atoms with Gasteiger partial charge in [-0.3, -0.25) is 10.7 Å². The van der Waals surface area contributed by atoms with Crippen LogP contribution < -0.4 is 11.2 Å². The number of benzene rings is 1. The van der Waals surface area contributed by atoms with Gasteiger partial charge in [0.25, 0.3) is 0 Å². The van der Waals surface area contributed by atoms with Crippen LogP contribution in [-0.2, 0) is 6.42 Å². The van der Waals surface area contributed by atoms with Gasteiger partial charge in [-0.2, -0.15) is 0 Å². The average molecular weight is 499 g/mol. The van der Waals surface area contributed by atoms with E-state index < -0.39 is 12.2 Å². The Balaban J connectivity index is 1.34. The highest BCUT2D eigenvalue weighted by Crippen LogP contribution is 2.40. The molecule has 9 nitrogen and oxygen atoms in total. The van der Waals surface area contributed by atoms with Gasteiger partial charge in [-0.1, -0.05) is 12.1 Å². The fourth-order valence-electron chi connectivity index (χ4n) is 4.70. The second-order valence-corrected chi connectivity index (χ2v) is 9.11. The zero-order valence-electron chi connectivity index (χ0n) is 17.1. The van der Waals surface area contributed by atoms with E-state index in [1.54, 1.807) is 12.3 Å². The number of aromatic nitrogens is 4. The molecule has 32 heavy (non-hydrogen) atoms. The Hall–Kier alpha value is -2.79. The van der Waals surface area contributed by atoms with Crippen LogP contribution in [0.2, 0.25) is 0 Å². The van der Waals surface area contributed by atoms with Gasteiger partial charge >= 0.3 is 0 Å². The summed E-state index contributed by atoms with van der Waals surface area (Å²) >= 11 is 3.40. The molecular weight excluding hydrogens is 476 g/mol. The number of hydrogen-bond acceptors (Lipinski definition) is 8. The maximum Gasteiger partial charge on any atom is 0.162 e. The zero-order chi connectivity index (χ0) is 22.4. The molecule has 1 aliphatic rings. The van der Waals surface area contributed by atoms with Crippen molar-refractivity contribution in [2.45, 2.75) is 37.5 Å². The Morgan fingerprint density at radius 1 is 1.16 bits per heavy atom. The minimum absolute atomic E-state index is 0.0663. The number of aliphatic hydroxyl groups excluding tert-OH is 2. The quantitative estimate of drug-likeness (QED) is 0.264. The molecule has 1 aliphatic carbocycles. The molecule has 0 bridgehead atoms. The van der Waals surface area contributed by atoms with Gasteiger partial charge in [-0.15, -0.1) is 0 Å². The number of rotatable bonds is 5. The Morgan fingerprint density at radius 3 is 2.81 bits per heavy atom. The maximum absolute atomic E-state index is 10.8. The predicted molar refractivity (Wildman–Crippen MR) is 124 cm³/mol. The molecule has 0 unspecified atom stereocenters. The maximum atomic E-state index is 10.8. The van der Waals surface area contributed by atoms with E-state index in [-0.39, 0.29) is 12.0 Å². The first-order valence-corrected chi connectivity index (χ1v) is 11.2. The van der Waals surface area contributed by atoms with E-state index in [1.807, 2.05) is 22.8 Å². The third-order valence-electron chi connectivity index (χ3n) is 6.41. The molecule has 4 atom stereocenters. The van der Waals surface area contributed by atoms with Gasteiger partial charge in [0.1, 0.15) is 23.9 Å². The summed E-state index contributed by atoms with van der Waals surface area (Å²) in [5.41, 5.74) is 10.5. The normalized spacial score (nSPS) is 23.2. The van der Waals surface area contributed by atoms with Crippen LogP contribution in [-0.4, -0.2) is 47.1 Å². The topological polar surface area (TPSA) is 142 Å². The van der Waals surface area contributed by atoms with Crippen LogP contribution >= 0.6 is 15.9 Å². The van der Waals surface area contributed by atoms with Crippen LogP contribution in [0.5, 0.6) is 0 Å². The van der Waals surface area contributed by atoms with Crippen molar-refractivity contribution in [3.8, 4) is 0 Å². The van der Waals surface area contributed by atoms with E-state index in [4.69, 9.17) is 5.73 Å². The van der Waals surface area contributed by atoms with E-state index in [9.17, 15) is 15.4 Å². The van der Waals surface area contributed by atoms with Crippen molar-refractivity contribution in [2.75, 3.05) is 11.2 Å². The van der Waals surface area contributed by atoms with Crippen molar-refractivity contribution in [1.82, 2.24) is 19.5 Å². The van der Waals surface area contributed by atoms with Gasteiger partial charge in [0.05, 0.1) is 27.5 Å². The standard InChI is InChI=1S/C22H23BrN6O3/c23-15-8-12-3-1-11(7-16(12)27-20(15)24)2-4-13-9-17(19(31)18(13)30)29-6-5-14-21(28-32)25-10-26-22(14)29/h1,3,5-8,10,13,17-19,30-32H,2,4,9H2,(H2,24,27)(H,25,26,28)/t13-,17+,18+,19-/m0/s1. The summed E-state index contributed by atoms with van der Waals surface area (Å²) in [6, 6.07) is 9.51. The molecule has 3 aromatic heterocycles. The van der Waals surface area contributed by atoms with Gasteiger partial charge in [-0.05, 0) is 64.9 Å². The fraction of sp³-hybridized carbons (Fsp3) is 0.318. The second kappa shape index (κ2) is 8.28. The number of halogens is 1. The fourth-order valence-corrected chi connectivity index (χ4v) is 5.03. The molecule has 3 heterocycles. The summed E-state index contributed by atoms with van der Waals surface area (Å²) < 4.78 is 2.63. The highest BCUT2D eigenvalue weighted by molar-refractivity contribution is 9.10. The van der Waals surface area contributed by atoms with Crippen LogP contribution in [0.3, 0.4) is 0 Å². The van der Waals surface area contributed by atoms with Crippen molar-refractivity contribution >= 4 is 49.5 Å². The van der Waals surface area contributed by atoms with Crippen LogP contribution in [0, 0.1) is 5.92 Å². The Labute approximate surface area is 192 Å². The number of aliphatic hydroxyl groups is 2. The summed E-state index contributed by atoms with van der Waals surface area (Å²) in [7, 11) is 0. The molecule has 1 aromatic carbocycles. The summed E-state index contributed by atoms with van der Waals surface area (Å²) in [5.74, 6) is 0.688. The van der Waals surface area contributed by atoms with Gasteiger partial charge in [0.15, 0.2) is 5.82 Å². The number of nitrogens with two attached hydrogens (primary N) is 1. The summed E-state index contributed by atoms with van der Waals surface area (Å²) in [4.78, 5) is 12.7. The third kappa shape index (κ3) is 3.58. The first-order valence-electron chi connectivity index (χ1n) is 10.4. The number of nitrogens with one attached hydrogen (secondary N) is 1. The van der Waals surface area contributed by atoms with Crippen LogP contribution in [0.4, 0.5) is 11.6 Å². The number of hydrogen-bond donors (Lipinski definition) is 5. The molecule has 0 amide bonds. The van der Waals surface area contributed by atoms with E-state index in [0.29, 0.717) is 29.1 Å². The molecule has 1 fully saturated rings. The molecule has 0 saturated heterocycles. The molecule has 6 N–H and O–H groups in total. The SMILES string of the molecule is Nc1nc2cc(CC[C@H]3C[C@@H](n4ccc5c(NO)ncnc54)[C@H](O)[C@@H]3O)ccc2cc1Br. The zero-order valence-corrected chi connectivity index (χ0v) is 18.6. The summed E-state index contributed by atoms with van der Waals surface area (Å²) in [5, 5.41) is 32.4. The number of fused-ring (bicyclic) bond motifs is 2. The molecule has 5 rings (SSSR count). The van der Waals surface area contributed by atoms with Crippen molar-refractivity contribution in [2.24, 2.45) is 5.92 Å². The lowest BCUT2D eigenvalue weighted by Gasteiger charge is -2.19. The lowest BCUT2D eigenvalue weighted by Crippen LogP contribution is -2.29. The van der Waals surface area contributed by atoms with Crippen molar-refractivity contribution in [3.63, 3.8) is 0 Å². The van der Waals surface area contributed by atoms with Gasteiger partial charge in [-0.25, -0.2) is 15.0 Å². The van der Waals surface area contributed by atoms with Crippen molar-refractivity contribution in [1.29, 1.82) is 0 Å². The Morgan fingerprint density at radius 2 is 2.00 bits per heavy atom. The predicted octanol–water partition coefficient (Wildman–Crippen LogP) is 3.04. The van der Waals surface area contributed by atoms with E-state index in [2.05, 4.69) is 42.4 Å². The highest BCUT2D eigenvalue weighted by atomic mass is 79.9. The van der Waals surface area contributed by atoms with E-state index in [0.717, 1.165) is 33.8 Å².